The van der Waals surface area contributed by atoms with Crippen LogP contribution in [0.2, 0.25) is 0 Å². The fourth-order valence-electron chi connectivity index (χ4n) is 13.3. The summed E-state index contributed by atoms with van der Waals surface area (Å²) in [6, 6.07) is -21.1. The topological polar surface area (TPSA) is 657 Å². The molecular weight excluding hydrogens is 1540 g/mol. The van der Waals surface area contributed by atoms with Gasteiger partial charge in [0.1, 0.15) is 78.5 Å². The smallest absolute Gasteiger partial charge is 0.328 e. The number of nitrogens with one attached hydrogen (secondary N) is 18. The molecule has 644 valence electrons. The van der Waals surface area contributed by atoms with E-state index in [9.17, 15) is 92.3 Å². The molecule has 13 amide bonds. The first-order chi connectivity index (χ1) is 56.2. The van der Waals surface area contributed by atoms with Crippen LogP contribution in [-0.2, 0) is 109 Å². The second-order valence-corrected chi connectivity index (χ2v) is 30.0. The summed E-state index contributed by atoms with van der Waals surface area (Å²) >= 11 is 0. The number of carboxylic acids is 3. The maximum absolute atomic E-state index is 15.1. The Morgan fingerprint density at radius 1 is 0.407 bits per heavy atom. The number of rotatable bonds is 48. The lowest BCUT2D eigenvalue weighted by atomic mass is 9.95. The largest absolute Gasteiger partial charge is 0.481 e. The van der Waals surface area contributed by atoms with Crippen LogP contribution in [-0.4, -0.2) is 274 Å². The predicted molar refractivity (Wildman–Crippen MR) is 413 cm³/mol. The predicted octanol–water partition coefficient (Wildman–Crippen LogP) is -4.80. The van der Waals surface area contributed by atoms with Crippen LogP contribution in [0.25, 0.3) is 0 Å². The summed E-state index contributed by atoms with van der Waals surface area (Å²) in [7, 11) is 0. The Morgan fingerprint density at radius 2 is 0.754 bits per heavy atom. The SMILES string of the molecule is CCC(C)C(NC(=O)C1CCCN1)C(=O)NC(Cc1c[nH]cn1)C(=O)NC(CC(=O)O)C(=O)NC(Cc1c[nH]cn1)C(=O)NC(CC(=O)O)C(=O)NC(Cc1c[nH]cn1)C(=O)N1CCCC1C(=O)NC(Cc1c[nH]cn1)C(=O)NC(CC(C)C)C(=O)NC(C(=O)NC(C(=O)NC(Cc1c[nH]cn1)C(=O)NC(CO)C(=O)O)C(C)CC)C(C)C. The fraction of sp³-hybridized carbons (Fsp3) is 0.581. The first kappa shape index (κ1) is 92.7. The normalized spacial score (nSPS) is 17.5. The molecule has 0 aromatic carbocycles. The van der Waals surface area contributed by atoms with Gasteiger partial charge in [-0.25, -0.2) is 29.7 Å². The van der Waals surface area contributed by atoms with Gasteiger partial charge in [0.05, 0.1) is 85.6 Å². The lowest BCUT2D eigenvalue weighted by molar-refractivity contribution is -0.144. The molecule has 7 rings (SSSR count). The number of carbonyl (C=O) groups excluding carboxylic acids is 13. The van der Waals surface area contributed by atoms with Crippen LogP contribution >= 0.6 is 0 Å². The number of H-pyrrole nitrogens is 5. The quantitative estimate of drug-likeness (QED) is 0.0174. The van der Waals surface area contributed by atoms with Crippen molar-refractivity contribution in [3.05, 3.63) is 91.1 Å². The van der Waals surface area contributed by atoms with Crippen LogP contribution in [0.1, 0.15) is 142 Å². The van der Waals surface area contributed by atoms with Gasteiger partial charge >= 0.3 is 17.9 Å². The second-order valence-electron chi connectivity index (χ2n) is 30.0. The highest BCUT2D eigenvalue weighted by Crippen LogP contribution is 2.22. The van der Waals surface area contributed by atoms with Crippen molar-refractivity contribution in [3.8, 4) is 0 Å². The molecule has 5 aromatic rings. The van der Waals surface area contributed by atoms with Gasteiger partial charge in [-0.05, 0) is 62.3 Å². The van der Waals surface area contributed by atoms with Crippen LogP contribution in [0.5, 0.6) is 0 Å². The number of hydrogen-bond acceptors (Lipinski definition) is 23. The van der Waals surface area contributed by atoms with Crippen molar-refractivity contribution in [2.45, 2.75) is 230 Å². The van der Waals surface area contributed by atoms with E-state index in [0.717, 1.165) is 11.3 Å². The van der Waals surface area contributed by atoms with Gasteiger partial charge in [0, 0.05) is 69.6 Å². The molecular formula is C74H108N24O20. The van der Waals surface area contributed by atoms with Gasteiger partial charge < -0.3 is 119 Å². The maximum Gasteiger partial charge on any atom is 0.328 e. The van der Waals surface area contributed by atoms with Gasteiger partial charge in [-0.2, -0.15) is 0 Å². The van der Waals surface area contributed by atoms with E-state index < -0.39 is 229 Å². The van der Waals surface area contributed by atoms with Gasteiger partial charge in [0.2, 0.25) is 76.8 Å². The molecule has 44 heteroatoms. The highest BCUT2D eigenvalue weighted by molar-refractivity contribution is 6.01. The molecule has 22 N–H and O–H groups in total. The molecule has 2 aliphatic heterocycles. The van der Waals surface area contributed by atoms with Crippen molar-refractivity contribution in [3.63, 3.8) is 0 Å². The highest BCUT2D eigenvalue weighted by Gasteiger charge is 2.44. The van der Waals surface area contributed by atoms with Gasteiger partial charge in [0.15, 0.2) is 0 Å². The molecule has 2 saturated heterocycles. The summed E-state index contributed by atoms with van der Waals surface area (Å²) in [6.07, 6.45) is 11.5. The lowest BCUT2D eigenvalue weighted by Gasteiger charge is -2.31. The van der Waals surface area contributed by atoms with Crippen molar-refractivity contribution in [1.82, 2.24) is 124 Å². The van der Waals surface area contributed by atoms with E-state index in [-0.39, 0.29) is 73.8 Å². The van der Waals surface area contributed by atoms with Gasteiger partial charge in [-0.3, -0.25) is 71.9 Å². The number of aliphatic hydroxyl groups excluding tert-OH is 1. The average Bonchev–Trinajstić information content (AvgIpc) is 1.54. The first-order valence-electron chi connectivity index (χ1n) is 39.0. The summed E-state index contributed by atoms with van der Waals surface area (Å²) in [5.41, 5.74) is 1.09. The Hall–Kier alpha value is -12.5. The van der Waals surface area contributed by atoms with E-state index in [1.54, 1.807) is 55.4 Å². The van der Waals surface area contributed by atoms with Crippen LogP contribution in [0.15, 0.2) is 62.6 Å². The number of aliphatic carboxylic acids is 3. The van der Waals surface area contributed by atoms with Gasteiger partial charge in [-0.1, -0.05) is 68.2 Å². The molecule has 2 fully saturated rings. The molecule has 0 bridgehead atoms. The van der Waals surface area contributed by atoms with E-state index in [1.807, 2.05) is 0 Å². The second kappa shape index (κ2) is 45.1. The molecule has 2 aliphatic rings. The number of aromatic nitrogens is 10. The van der Waals surface area contributed by atoms with E-state index in [2.05, 4.69) is 119 Å². The van der Waals surface area contributed by atoms with Crippen molar-refractivity contribution < 1.29 is 97.1 Å². The summed E-state index contributed by atoms with van der Waals surface area (Å²) in [6.45, 7) is 13.1. The highest BCUT2D eigenvalue weighted by atomic mass is 16.4. The number of nitrogens with zero attached hydrogens (tertiary/aromatic N) is 6. The van der Waals surface area contributed by atoms with Gasteiger partial charge in [-0.15, -0.1) is 0 Å². The van der Waals surface area contributed by atoms with E-state index in [0.29, 0.717) is 31.5 Å². The average molecular weight is 1650 g/mol. The summed E-state index contributed by atoms with van der Waals surface area (Å²) in [5, 5.41) is 73.2. The van der Waals surface area contributed by atoms with E-state index in [4.69, 9.17) is 0 Å². The summed E-state index contributed by atoms with van der Waals surface area (Å²) < 4.78 is 0. The third-order valence-electron chi connectivity index (χ3n) is 20.2. The number of hydrogen-bond donors (Lipinski definition) is 22. The number of aromatic amines is 5. The molecule has 7 heterocycles. The molecule has 0 aliphatic carbocycles. The molecule has 0 spiro atoms. The minimum absolute atomic E-state index is 0.00885. The summed E-state index contributed by atoms with van der Waals surface area (Å²) in [4.78, 5) is 260. The number of likely N-dealkylation sites (tertiary alicyclic amines) is 1. The minimum atomic E-state index is -2.07. The maximum atomic E-state index is 15.1. The molecule has 16 atom stereocenters. The Morgan fingerprint density at radius 3 is 1.12 bits per heavy atom. The Labute approximate surface area is 677 Å². The number of carboxylic acid groups (broad SMARTS) is 3. The van der Waals surface area contributed by atoms with Crippen LogP contribution < -0.4 is 69.1 Å². The number of carbonyl (C=O) groups is 16. The first-order valence-corrected chi connectivity index (χ1v) is 39.0. The van der Waals surface area contributed by atoms with Crippen molar-refractivity contribution >= 4 is 94.7 Å². The third-order valence-corrected chi connectivity index (χ3v) is 20.2. The Balaban J connectivity index is 1.07. The molecule has 44 nitrogen and oxygen atoms in total. The zero-order valence-corrected chi connectivity index (χ0v) is 66.7. The molecule has 16 unspecified atom stereocenters. The van der Waals surface area contributed by atoms with Crippen molar-refractivity contribution in [2.75, 3.05) is 19.7 Å². The lowest BCUT2D eigenvalue weighted by Crippen LogP contribution is -2.62. The zero-order valence-electron chi connectivity index (χ0n) is 66.7. The standard InChI is InChI=1S/C74H108N24O20/c1-9-38(7)59(96-61(104)45-13-11-15-80-45)71(114)91-49(20-42-27-77-33-83-42)64(107)88-51(23-56(100)101)66(109)87-47(18-40-25-75-31-81-40)62(105)89-52(24-57(102)103)67(110)93-53(22-44-29-79-35-85-44)73(116)98-16-12-14-55(98)69(112)90-48(19-41-26-76-32-82-41)63(106)86-46(17-36(3)4)68(111)95-58(37(5)6)70(113)97-60(39(8)10-2)72(115)92-50(21-43-28-78-34-84-43)65(108)94-54(30-99)74(117)118/h25-29,31-39,45-55,58-60,80,99H,9-24,30H2,1-8H3,(H,75,81)(H,76,82)(H,77,83)(H,78,84)(H,79,85)(H,86,106)(H,87,109)(H,88,107)(H,89,105)(H,90,112)(H,91,114)(H,92,115)(H,93,110)(H,94,108)(H,95,111)(H,96,104)(H,97,113)(H,100,101)(H,102,103)(H,117,118). The minimum Gasteiger partial charge on any atom is -0.481 e. The van der Waals surface area contributed by atoms with Crippen molar-refractivity contribution in [2.24, 2.45) is 23.7 Å². The van der Waals surface area contributed by atoms with Crippen molar-refractivity contribution in [1.29, 1.82) is 0 Å². The Bertz CT molecular complexity index is 4190. The molecule has 5 aromatic heterocycles. The molecule has 118 heavy (non-hydrogen) atoms. The van der Waals surface area contributed by atoms with E-state index >= 15 is 4.79 Å². The fourth-order valence-corrected chi connectivity index (χ4v) is 13.3. The molecule has 0 radical (unpaired) electrons. The third kappa shape index (κ3) is 27.9. The zero-order chi connectivity index (χ0) is 86.4. The number of imidazole rings is 5. The summed E-state index contributed by atoms with van der Waals surface area (Å²) in [5.74, 6) is -19.2. The number of amides is 13. The number of aliphatic hydroxyl groups is 1. The Kier molecular flexibility index (Phi) is 35.4. The van der Waals surface area contributed by atoms with E-state index in [1.165, 1.54) is 62.6 Å². The van der Waals surface area contributed by atoms with Crippen LogP contribution in [0.3, 0.4) is 0 Å². The van der Waals surface area contributed by atoms with Gasteiger partial charge in [0.25, 0.3) is 0 Å². The van der Waals surface area contributed by atoms with Crippen LogP contribution in [0, 0.1) is 23.7 Å². The monoisotopic (exact) mass is 1650 g/mol. The molecule has 0 saturated carbocycles. The van der Waals surface area contributed by atoms with Crippen LogP contribution in [0.4, 0.5) is 0 Å².